The van der Waals surface area contributed by atoms with Crippen LogP contribution in [0.25, 0.3) is 0 Å². The second-order valence-corrected chi connectivity index (χ2v) is 5.95. The van der Waals surface area contributed by atoms with Gasteiger partial charge >= 0.3 is 0 Å². The predicted octanol–water partition coefficient (Wildman–Crippen LogP) is 4.85. The van der Waals surface area contributed by atoms with E-state index in [1.54, 1.807) is 7.11 Å². The summed E-state index contributed by atoms with van der Waals surface area (Å²) in [6.07, 6.45) is 0. The quantitative estimate of drug-likeness (QED) is 0.490. The first-order valence-corrected chi connectivity index (χ1v) is 8.33. The van der Waals surface area contributed by atoms with Gasteiger partial charge in [-0.15, -0.1) is 0 Å². The Hall–Kier alpha value is -3.34. The molecule has 0 radical (unpaired) electrons. The first-order valence-electron chi connectivity index (χ1n) is 8.33. The monoisotopic (exact) mass is 348 g/mol. The van der Waals surface area contributed by atoms with Crippen LogP contribution in [0.3, 0.4) is 0 Å². The Morgan fingerprint density at radius 2 is 1.42 bits per heavy atom. The zero-order valence-corrected chi connectivity index (χ0v) is 14.5. The predicted molar refractivity (Wildman–Crippen MR) is 103 cm³/mol. The summed E-state index contributed by atoms with van der Waals surface area (Å²) in [5.41, 5.74) is 3.74. The highest BCUT2D eigenvalue weighted by molar-refractivity contribution is 5.59. The van der Waals surface area contributed by atoms with E-state index in [1.165, 1.54) is 0 Å². The summed E-state index contributed by atoms with van der Waals surface area (Å²) in [7, 11) is 1.60. The molecule has 0 heterocycles. The molecule has 26 heavy (non-hydrogen) atoms. The van der Waals surface area contributed by atoms with Crippen molar-refractivity contribution in [3.05, 3.63) is 100 Å². The number of nitrogens with zero attached hydrogens (tertiary/aromatic N) is 1. The maximum absolute atomic E-state index is 11.2. The molecule has 3 aromatic carbocycles. The summed E-state index contributed by atoms with van der Waals surface area (Å²) < 4.78 is 5.17. The maximum Gasteiger partial charge on any atom is 0.214 e. The molecular weight excluding hydrogens is 328 g/mol. The number of hydrogen-bond acceptors (Lipinski definition) is 4. The van der Waals surface area contributed by atoms with E-state index in [0.29, 0.717) is 0 Å². The van der Waals surface area contributed by atoms with E-state index in [1.807, 2.05) is 78.9 Å². The van der Waals surface area contributed by atoms with Crippen LogP contribution < -0.4 is 10.1 Å². The highest BCUT2D eigenvalue weighted by Gasteiger charge is 2.20. The van der Waals surface area contributed by atoms with Gasteiger partial charge in [0, 0.05) is 16.3 Å². The normalized spacial score (nSPS) is 11.6. The van der Waals surface area contributed by atoms with Gasteiger partial charge in [0.15, 0.2) is 0 Å². The summed E-state index contributed by atoms with van der Waals surface area (Å²) in [6, 6.07) is 25.0. The van der Waals surface area contributed by atoms with E-state index in [9.17, 15) is 10.1 Å². The van der Waals surface area contributed by atoms with Gasteiger partial charge in [0.25, 0.3) is 0 Å². The van der Waals surface area contributed by atoms with E-state index < -0.39 is 0 Å². The van der Waals surface area contributed by atoms with Crippen LogP contribution in [-0.4, -0.2) is 18.6 Å². The molecule has 0 aliphatic heterocycles. The van der Waals surface area contributed by atoms with Gasteiger partial charge in [-0.3, -0.25) is 10.1 Å². The Kier molecular flexibility index (Phi) is 5.49. The molecule has 1 N–H and O–H groups in total. The smallest absolute Gasteiger partial charge is 0.214 e. The van der Waals surface area contributed by atoms with Crippen molar-refractivity contribution in [3.63, 3.8) is 0 Å². The van der Waals surface area contributed by atoms with E-state index in [-0.39, 0.29) is 17.4 Å². The first kappa shape index (κ1) is 17.5. The van der Waals surface area contributed by atoms with Crippen LogP contribution >= 0.6 is 0 Å². The summed E-state index contributed by atoms with van der Waals surface area (Å²) >= 11 is 0. The Bertz CT molecular complexity index is 847. The van der Waals surface area contributed by atoms with Gasteiger partial charge in [0.05, 0.1) is 13.0 Å². The Morgan fingerprint density at radius 1 is 0.885 bits per heavy atom. The number of hydrogen-bond donors (Lipinski definition) is 1. The van der Waals surface area contributed by atoms with E-state index in [4.69, 9.17) is 4.74 Å². The summed E-state index contributed by atoms with van der Waals surface area (Å²) in [6.45, 7) is -0.155. The number of para-hydroxylation sites is 1. The van der Waals surface area contributed by atoms with E-state index in [0.717, 1.165) is 28.3 Å². The number of benzene rings is 3. The molecule has 1 unspecified atom stereocenters. The lowest BCUT2D eigenvalue weighted by atomic mass is 9.91. The third kappa shape index (κ3) is 4.39. The summed E-state index contributed by atoms with van der Waals surface area (Å²) in [4.78, 5) is 10.9. The highest BCUT2D eigenvalue weighted by Crippen LogP contribution is 2.28. The maximum atomic E-state index is 11.2. The number of rotatable bonds is 7. The van der Waals surface area contributed by atoms with Gasteiger partial charge in [0.1, 0.15) is 5.75 Å². The molecular formula is C21H20N2O3. The van der Waals surface area contributed by atoms with Crippen LogP contribution in [0.2, 0.25) is 0 Å². The van der Waals surface area contributed by atoms with Crippen molar-refractivity contribution in [1.82, 2.24) is 0 Å². The number of nitrogens with one attached hydrogen (secondary N) is 1. The molecule has 132 valence electrons. The van der Waals surface area contributed by atoms with E-state index in [2.05, 4.69) is 5.32 Å². The van der Waals surface area contributed by atoms with Crippen LogP contribution in [0, 0.1) is 10.1 Å². The van der Waals surface area contributed by atoms with Gasteiger partial charge in [-0.25, -0.2) is 0 Å². The zero-order chi connectivity index (χ0) is 18.4. The Labute approximate surface area is 152 Å². The minimum absolute atomic E-state index is 0.155. The minimum Gasteiger partial charge on any atom is -0.497 e. The van der Waals surface area contributed by atoms with E-state index >= 15 is 0 Å². The molecule has 0 aromatic heterocycles. The molecule has 3 rings (SSSR count). The molecule has 0 saturated carbocycles. The average molecular weight is 348 g/mol. The number of anilines is 2. The van der Waals surface area contributed by atoms with Crippen molar-refractivity contribution in [3.8, 4) is 5.75 Å². The van der Waals surface area contributed by atoms with Crippen LogP contribution in [0.4, 0.5) is 11.4 Å². The lowest BCUT2D eigenvalue weighted by Crippen LogP contribution is -2.14. The number of methoxy groups -OCH3 is 1. The Morgan fingerprint density at radius 3 is 1.96 bits per heavy atom. The molecule has 0 bridgehead atoms. The first-order chi connectivity index (χ1) is 12.7. The molecule has 5 nitrogen and oxygen atoms in total. The second kappa shape index (κ2) is 8.16. The summed E-state index contributed by atoms with van der Waals surface area (Å²) in [5, 5.41) is 14.5. The zero-order valence-electron chi connectivity index (χ0n) is 14.5. The van der Waals surface area contributed by atoms with Crippen LogP contribution in [-0.2, 0) is 0 Å². The molecule has 0 fully saturated rings. The third-order valence-electron chi connectivity index (χ3n) is 4.23. The minimum atomic E-state index is -0.304. The van der Waals surface area contributed by atoms with Gasteiger partial charge in [-0.05, 0) is 47.5 Å². The van der Waals surface area contributed by atoms with Gasteiger partial charge in [0.2, 0.25) is 6.54 Å². The molecule has 0 aliphatic carbocycles. The fourth-order valence-electron chi connectivity index (χ4n) is 2.88. The summed E-state index contributed by atoms with van der Waals surface area (Å²) in [5.74, 6) is 0.428. The molecule has 5 heteroatoms. The molecule has 1 atom stereocenters. The number of ether oxygens (including phenoxy) is 1. The third-order valence-corrected chi connectivity index (χ3v) is 4.23. The highest BCUT2D eigenvalue weighted by atomic mass is 16.6. The van der Waals surface area contributed by atoms with Gasteiger partial charge < -0.3 is 10.1 Å². The molecule has 0 saturated heterocycles. The number of nitro groups is 1. The van der Waals surface area contributed by atoms with Crippen molar-refractivity contribution in [1.29, 1.82) is 0 Å². The van der Waals surface area contributed by atoms with Gasteiger partial charge in [-0.1, -0.05) is 42.5 Å². The largest absolute Gasteiger partial charge is 0.497 e. The molecule has 3 aromatic rings. The van der Waals surface area contributed by atoms with Gasteiger partial charge in [-0.2, -0.15) is 0 Å². The van der Waals surface area contributed by atoms with Crippen molar-refractivity contribution in [2.45, 2.75) is 5.92 Å². The fraction of sp³-hybridized carbons (Fsp3) is 0.143. The van der Waals surface area contributed by atoms with Crippen molar-refractivity contribution < 1.29 is 9.66 Å². The Balaban J connectivity index is 1.83. The standard InChI is InChI=1S/C21H20N2O3/c1-26-20-13-9-17(10-14-20)21(15-23(24)25)16-7-11-19(12-8-16)22-18-5-3-2-4-6-18/h2-14,21-22H,15H2,1H3. The fourth-order valence-corrected chi connectivity index (χ4v) is 2.88. The second-order valence-electron chi connectivity index (χ2n) is 5.95. The van der Waals surface area contributed by atoms with Crippen LogP contribution in [0.5, 0.6) is 5.75 Å². The lowest BCUT2D eigenvalue weighted by Gasteiger charge is -2.15. The molecule has 0 amide bonds. The topological polar surface area (TPSA) is 64.4 Å². The van der Waals surface area contributed by atoms with Crippen LogP contribution in [0.15, 0.2) is 78.9 Å². The van der Waals surface area contributed by atoms with Crippen molar-refractivity contribution >= 4 is 11.4 Å². The molecule has 0 aliphatic rings. The lowest BCUT2D eigenvalue weighted by molar-refractivity contribution is -0.481. The van der Waals surface area contributed by atoms with Crippen molar-refractivity contribution in [2.75, 3.05) is 19.0 Å². The average Bonchev–Trinajstić information content (AvgIpc) is 2.68. The van der Waals surface area contributed by atoms with Crippen molar-refractivity contribution in [2.24, 2.45) is 0 Å². The SMILES string of the molecule is COc1ccc(C(C[N+](=O)[O-])c2ccc(Nc3ccccc3)cc2)cc1. The van der Waals surface area contributed by atoms with Crippen LogP contribution in [0.1, 0.15) is 17.0 Å². The molecule has 0 spiro atoms.